The lowest BCUT2D eigenvalue weighted by molar-refractivity contribution is -0.133. The number of aliphatic carboxylic acids is 1. The van der Waals surface area contributed by atoms with Crippen molar-refractivity contribution in [3.05, 3.63) is 71.3 Å². The van der Waals surface area contributed by atoms with E-state index in [1.54, 1.807) is 12.1 Å². The molecule has 0 bridgehead atoms. The average molecular weight is 401 g/mol. The van der Waals surface area contributed by atoms with Crippen molar-refractivity contribution in [2.24, 2.45) is 0 Å². The summed E-state index contributed by atoms with van der Waals surface area (Å²) in [6.45, 7) is 4.61. The van der Waals surface area contributed by atoms with Gasteiger partial charge in [0.1, 0.15) is 12.4 Å². The van der Waals surface area contributed by atoms with Gasteiger partial charge in [-0.25, -0.2) is 0 Å². The van der Waals surface area contributed by atoms with Crippen molar-refractivity contribution in [2.45, 2.75) is 24.7 Å². The summed E-state index contributed by atoms with van der Waals surface area (Å²) in [4.78, 5) is 10.7. The molecule has 1 N–H and O–H groups in total. The van der Waals surface area contributed by atoms with E-state index in [0.717, 1.165) is 11.1 Å². The van der Waals surface area contributed by atoms with E-state index in [1.165, 1.54) is 28.0 Å². The number of aryl methyl sites for hydroxylation is 2. The fourth-order valence-electron chi connectivity index (χ4n) is 2.93. The lowest BCUT2D eigenvalue weighted by Crippen LogP contribution is -2.07. The van der Waals surface area contributed by atoms with Gasteiger partial charge in [0.05, 0.1) is 15.0 Å². The van der Waals surface area contributed by atoms with Crippen molar-refractivity contribution in [3.8, 4) is 16.2 Å². The van der Waals surface area contributed by atoms with E-state index in [4.69, 9.17) is 9.84 Å². The van der Waals surface area contributed by atoms with Crippen LogP contribution >= 0.6 is 11.3 Å². The first-order valence-electron chi connectivity index (χ1n) is 8.42. The van der Waals surface area contributed by atoms with E-state index < -0.39 is 22.5 Å². The summed E-state index contributed by atoms with van der Waals surface area (Å²) in [7, 11) is -1.54. The lowest BCUT2D eigenvalue weighted by Gasteiger charge is -2.11. The number of benzene rings is 2. The Hall–Kier alpha value is -2.44. The SMILES string of the molecule is Cc1cccc(C)c1-c1cccc(COc2ccc(S(=O)CC(=O)O)s2)c1. The Kier molecular flexibility index (Phi) is 6.08. The van der Waals surface area contributed by atoms with Crippen molar-refractivity contribution in [2.75, 3.05) is 5.75 Å². The fraction of sp³-hybridized carbons (Fsp3) is 0.190. The second kappa shape index (κ2) is 8.50. The molecule has 27 heavy (non-hydrogen) atoms. The predicted octanol–water partition coefficient (Wildman–Crippen LogP) is 4.80. The Morgan fingerprint density at radius 1 is 1.07 bits per heavy atom. The molecular formula is C21H20O4S2. The highest BCUT2D eigenvalue weighted by atomic mass is 32.2. The summed E-state index contributed by atoms with van der Waals surface area (Å²) in [6, 6.07) is 17.9. The highest BCUT2D eigenvalue weighted by Gasteiger charge is 2.12. The molecule has 140 valence electrons. The normalized spacial score (nSPS) is 11.9. The summed E-state index contributed by atoms with van der Waals surface area (Å²) in [6.07, 6.45) is 0. The van der Waals surface area contributed by atoms with Gasteiger partial charge in [-0.15, -0.1) is 0 Å². The third-order valence-electron chi connectivity index (χ3n) is 4.11. The van der Waals surface area contributed by atoms with E-state index in [2.05, 4.69) is 44.2 Å². The van der Waals surface area contributed by atoms with Crippen LogP contribution in [0.2, 0.25) is 0 Å². The van der Waals surface area contributed by atoms with Gasteiger partial charge < -0.3 is 9.84 Å². The first kappa shape index (κ1) is 19.3. The van der Waals surface area contributed by atoms with Crippen molar-refractivity contribution in [1.29, 1.82) is 0 Å². The van der Waals surface area contributed by atoms with Crippen molar-refractivity contribution < 1.29 is 18.8 Å². The maximum Gasteiger partial charge on any atom is 0.316 e. The Balaban J connectivity index is 1.72. The summed E-state index contributed by atoms with van der Waals surface area (Å²) in [5.74, 6) is -1.47. The highest BCUT2D eigenvalue weighted by Crippen LogP contribution is 2.30. The van der Waals surface area contributed by atoms with Gasteiger partial charge in [0.2, 0.25) is 0 Å². The summed E-state index contributed by atoms with van der Waals surface area (Å²) in [5, 5.41) is 9.37. The Bertz CT molecular complexity index is 971. The van der Waals surface area contributed by atoms with E-state index in [9.17, 15) is 9.00 Å². The van der Waals surface area contributed by atoms with E-state index in [0.29, 0.717) is 15.9 Å². The van der Waals surface area contributed by atoms with Crippen LogP contribution in [0.15, 0.2) is 58.8 Å². The number of ether oxygens (including phenoxy) is 1. The first-order chi connectivity index (χ1) is 12.9. The minimum absolute atomic E-state index is 0.391. The first-order valence-corrected chi connectivity index (χ1v) is 10.6. The summed E-state index contributed by atoms with van der Waals surface area (Å²) < 4.78 is 18.2. The van der Waals surface area contributed by atoms with E-state index >= 15 is 0 Å². The average Bonchev–Trinajstić information content (AvgIpc) is 3.09. The molecule has 1 atom stereocenters. The van der Waals surface area contributed by atoms with Crippen LogP contribution in [0.25, 0.3) is 11.1 Å². The van der Waals surface area contributed by atoms with Crippen LogP contribution in [0.4, 0.5) is 0 Å². The zero-order valence-corrected chi connectivity index (χ0v) is 16.7. The number of thiophene rings is 1. The van der Waals surface area contributed by atoms with Gasteiger partial charge in [-0.3, -0.25) is 9.00 Å². The summed E-state index contributed by atoms with van der Waals surface area (Å²) >= 11 is 1.22. The predicted molar refractivity (Wildman–Crippen MR) is 109 cm³/mol. The van der Waals surface area contributed by atoms with Crippen LogP contribution in [-0.2, 0) is 22.2 Å². The molecule has 0 saturated heterocycles. The zero-order valence-electron chi connectivity index (χ0n) is 15.1. The minimum Gasteiger partial charge on any atom is -0.481 e. The maximum atomic E-state index is 11.9. The van der Waals surface area contributed by atoms with Crippen LogP contribution in [0.1, 0.15) is 16.7 Å². The molecule has 2 aromatic carbocycles. The molecule has 1 heterocycles. The molecule has 0 aliphatic rings. The van der Waals surface area contributed by atoms with Crippen LogP contribution in [0.5, 0.6) is 5.06 Å². The highest BCUT2D eigenvalue weighted by molar-refractivity contribution is 7.88. The minimum atomic E-state index is -1.54. The van der Waals surface area contributed by atoms with E-state index in [-0.39, 0.29) is 0 Å². The third-order valence-corrected chi connectivity index (χ3v) is 6.81. The summed E-state index contributed by atoms with van der Waals surface area (Å²) in [5.41, 5.74) is 5.90. The molecule has 3 aromatic rings. The second-order valence-corrected chi connectivity index (χ2v) is 8.94. The molecule has 0 aliphatic carbocycles. The molecule has 0 spiro atoms. The number of carboxylic acids is 1. The second-order valence-electron chi connectivity index (χ2n) is 6.21. The number of hydrogen-bond acceptors (Lipinski definition) is 4. The van der Waals surface area contributed by atoms with E-state index in [1.807, 2.05) is 12.1 Å². The Labute approximate surface area is 164 Å². The number of hydrogen-bond donors (Lipinski definition) is 1. The molecule has 0 saturated carbocycles. The molecule has 1 unspecified atom stereocenters. The Morgan fingerprint density at radius 2 is 1.78 bits per heavy atom. The van der Waals surface area contributed by atoms with Crippen LogP contribution < -0.4 is 4.74 Å². The van der Waals surface area contributed by atoms with Gasteiger partial charge in [-0.05, 0) is 59.9 Å². The molecule has 3 rings (SSSR count). The topological polar surface area (TPSA) is 63.6 Å². The number of rotatable bonds is 7. The standard InChI is InChI=1S/C21H20O4S2/c1-14-5-3-6-15(2)21(14)17-8-4-7-16(11-17)12-25-19-9-10-20(26-19)27(24)13-18(22)23/h3-11H,12-13H2,1-2H3,(H,22,23). The van der Waals surface area contributed by atoms with Gasteiger partial charge in [0.25, 0.3) is 0 Å². The van der Waals surface area contributed by atoms with Gasteiger partial charge in [-0.1, -0.05) is 47.7 Å². The molecule has 4 nitrogen and oxygen atoms in total. The molecule has 0 amide bonds. The van der Waals surface area contributed by atoms with Gasteiger partial charge >= 0.3 is 5.97 Å². The van der Waals surface area contributed by atoms with Gasteiger partial charge in [0, 0.05) is 0 Å². The fourth-order valence-corrected chi connectivity index (χ4v) is 4.90. The molecule has 6 heteroatoms. The largest absolute Gasteiger partial charge is 0.481 e. The smallest absolute Gasteiger partial charge is 0.316 e. The molecular weight excluding hydrogens is 380 g/mol. The number of carboxylic acid groups (broad SMARTS) is 1. The molecule has 1 aromatic heterocycles. The maximum absolute atomic E-state index is 11.9. The van der Waals surface area contributed by atoms with Crippen molar-refractivity contribution >= 4 is 28.1 Å². The van der Waals surface area contributed by atoms with Gasteiger partial charge in [-0.2, -0.15) is 0 Å². The van der Waals surface area contributed by atoms with Crippen molar-refractivity contribution in [3.63, 3.8) is 0 Å². The molecule has 0 radical (unpaired) electrons. The van der Waals surface area contributed by atoms with Crippen molar-refractivity contribution in [1.82, 2.24) is 0 Å². The molecule has 0 aliphatic heterocycles. The molecule has 0 fully saturated rings. The van der Waals surface area contributed by atoms with Gasteiger partial charge in [0.15, 0.2) is 5.06 Å². The Morgan fingerprint density at radius 3 is 2.48 bits per heavy atom. The van der Waals surface area contributed by atoms with Crippen LogP contribution in [-0.4, -0.2) is 21.0 Å². The van der Waals surface area contributed by atoms with Crippen LogP contribution in [0, 0.1) is 13.8 Å². The number of carbonyl (C=O) groups is 1. The monoisotopic (exact) mass is 400 g/mol. The quantitative estimate of drug-likeness (QED) is 0.619. The van der Waals surface area contributed by atoms with Crippen LogP contribution in [0.3, 0.4) is 0 Å². The third kappa shape index (κ3) is 4.84. The zero-order chi connectivity index (χ0) is 19.4. The lowest BCUT2D eigenvalue weighted by atomic mass is 9.95.